The minimum atomic E-state index is -0.228. The molecule has 1 atom stereocenters. The Morgan fingerprint density at radius 3 is 2.60 bits per heavy atom. The van der Waals surface area contributed by atoms with E-state index in [1.807, 2.05) is 28.9 Å². The van der Waals surface area contributed by atoms with Gasteiger partial charge in [-0.15, -0.1) is 0 Å². The fourth-order valence-electron chi connectivity index (χ4n) is 4.00. The second-order valence-electron chi connectivity index (χ2n) is 7.66. The molecule has 3 heterocycles. The van der Waals surface area contributed by atoms with Crippen LogP contribution in [0.1, 0.15) is 18.4 Å². The number of benzene rings is 1. The van der Waals surface area contributed by atoms with Gasteiger partial charge in [0.2, 0.25) is 0 Å². The lowest BCUT2D eigenvalue weighted by atomic mass is 10.1. The molecule has 1 unspecified atom stereocenters. The number of nitrogens with zero attached hydrogens (tertiary/aromatic N) is 5. The number of aliphatic imine (C=N–C) groups is 1. The van der Waals surface area contributed by atoms with Gasteiger partial charge in [0.1, 0.15) is 6.10 Å². The SMILES string of the molecule is CN=C(NCCc1ccc(-n2cccn2)cc1)N1CCN(C(=O)C2CCCO2)CC1. The zero-order valence-electron chi connectivity index (χ0n) is 17.5. The first-order chi connectivity index (χ1) is 14.7. The molecule has 2 fully saturated rings. The molecule has 1 amide bonds. The topological polar surface area (TPSA) is 75.0 Å². The number of guanidine groups is 1. The van der Waals surface area contributed by atoms with Crippen LogP contribution in [0.25, 0.3) is 5.69 Å². The largest absolute Gasteiger partial charge is 0.368 e. The molecule has 1 aromatic heterocycles. The second-order valence-corrected chi connectivity index (χ2v) is 7.66. The van der Waals surface area contributed by atoms with Gasteiger partial charge in [0.05, 0.1) is 5.69 Å². The third-order valence-electron chi connectivity index (χ3n) is 5.71. The molecule has 30 heavy (non-hydrogen) atoms. The summed E-state index contributed by atoms with van der Waals surface area (Å²) >= 11 is 0. The van der Waals surface area contributed by atoms with E-state index < -0.39 is 0 Å². The van der Waals surface area contributed by atoms with Crippen LogP contribution in [0.5, 0.6) is 0 Å². The average Bonchev–Trinajstić information content (AvgIpc) is 3.52. The van der Waals surface area contributed by atoms with E-state index >= 15 is 0 Å². The Morgan fingerprint density at radius 2 is 1.97 bits per heavy atom. The number of nitrogens with one attached hydrogen (secondary N) is 1. The molecule has 1 aromatic carbocycles. The molecule has 1 N–H and O–H groups in total. The highest BCUT2D eigenvalue weighted by atomic mass is 16.5. The fraction of sp³-hybridized carbons (Fsp3) is 0.500. The Labute approximate surface area is 177 Å². The molecule has 0 bridgehead atoms. The Hall–Kier alpha value is -2.87. The Morgan fingerprint density at radius 1 is 1.20 bits per heavy atom. The van der Waals surface area contributed by atoms with E-state index in [-0.39, 0.29) is 12.0 Å². The highest BCUT2D eigenvalue weighted by Crippen LogP contribution is 2.16. The van der Waals surface area contributed by atoms with Crippen molar-refractivity contribution in [2.24, 2.45) is 4.99 Å². The van der Waals surface area contributed by atoms with Crippen LogP contribution in [0.2, 0.25) is 0 Å². The van der Waals surface area contributed by atoms with Crippen molar-refractivity contribution in [3.63, 3.8) is 0 Å². The van der Waals surface area contributed by atoms with Crippen LogP contribution in [0.4, 0.5) is 0 Å². The van der Waals surface area contributed by atoms with Crippen LogP contribution in [0.3, 0.4) is 0 Å². The minimum Gasteiger partial charge on any atom is -0.368 e. The van der Waals surface area contributed by atoms with Gasteiger partial charge in [-0.2, -0.15) is 5.10 Å². The number of hydrogen-bond donors (Lipinski definition) is 1. The predicted molar refractivity (Wildman–Crippen MR) is 116 cm³/mol. The first-order valence-corrected chi connectivity index (χ1v) is 10.7. The highest BCUT2D eigenvalue weighted by molar-refractivity contribution is 5.82. The summed E-state index contributed by atoms with van der Waals surface area (Å²) in [6, 6.07) is 10.4. The molecular weight excluding hydrogens is 380 g/mol. The van der Waals surface area contributed by atoms with Gasteiger partial charge in [0.15, 0.2) is 5.96 Å². The zero-order chi connectivity index (χ0) is 20.8. The molecule has 2 aliphatic rings. The number of amides is 1. The molecule has 4 rings (SSSR count). The van der Waals surface area contributed by atoms with Crippen LogP contribution in [0.15, 0.2) is 47.7 Å². The number of ether oxygens (including phenoxy) is 1. The van der Waals surface area contributed by atoms with Crippen LogP contribution in [0, 0.1) is 0 Å². The van der Waals surface area contributed by atoms with Crippen LogP contribution in [-0.2, 0) is 16.0 Å². The molecule has 2 saturated heterocycles. The van der Waals surface area contributed by atoms with E-state index in [1.54, 1.807) is 6.20 Å². The summed E-state index contributed by atoms with van der Waals surface area (Å²) in [6.07, 6.45) is 6.24. The van der Waals surface area contributed by atoms with Gasteiger partial charge in [-0.25, -0.2) is 4.68 Å². The van der Waals surface area contributed by atoms with Crippen LogP contribution < -0.4 is 5.32 Å². The summed E-state index contributed by atoms with van der Waals surface area (Å²) < 4.78 is 7.40. The smallest absolute Gasteiger partial charge is 0.251 e. The number of hydrogen-bond acceptors (Lipinski definition) is 4. The molecule has 2 aliphatic heterocycles. The first kappa shape index (κ1) is 20.4. The Balaban J connectivity index is 1.22. The summed E-state index contributed by atoms with van der Waals surface area (Å²) in [5, 5.41) is 7.71. The molecule has 0 spiro atoms. The van der Waals surface area contributed by atoms with Crippen LogP contribution >= 0.6 is 0 Å². The van der Waals surface area contributed by atoms with E-state index in [4.69, 9.17) is 4.74 Å². The van der Waals surface area contributed by atoms with Crippen molar-refractivity contribution in [3.8, 4) is 5.69 Å². The van der Waals surface area contributed by atoms with E-state index in [0.717, 1.165) is 50.5 Å². The van der Waals surface area contributed by atoms with Crippen molar-refractivity contribution in [2.45, 2.75) is 25.4 Å². The highest BCUT2D eigenvalue weighted by Gasteiger charge is 2.30. The van der Waals surface area contributed by atoms with Crippen molar-refractivity contribution >= 4 is 11.9 Å². The lowest BCUT2D eigenvalue weighted by Crippen LogP contribution is -2.55. The minimum absolute atomic E-state index is 0.147. The molecule has 0 radical (unpaired) electrons. The van der Waals surface area contributed by atoms with Crippen LogP contribution in [-0.4, -0.2) is 83.9 Å². The molecule has 0 aliphatic carbocycles. The number of carbonyl (C=O) groups is 1. The van der Waals surface area contributed by atoms with E-state index in [2.05, 4.69) is 44.6 Å². The summed E-state index contributed by atoms with van der Waals surface area (Å²) in [4.78, 5) is 21.1. The van der Waals surface area contributed by atoms with Gasteiger partial charge in [0.25, 0.3) is 5.91 Å². The van der Waals surface area contributed by atoms with Crippen molar-refractivity contribution < 1.29 is 9.53 Å². The van der Waals surface area contributed by atoms with Crippen molar-refractivity contribution in [3.05, 3.63) is 48.3 Å². The second kappa shape index (κ2) is 9.75. The van der Waals surface area contributed by atoms with E-state index in [1.165, 1.54) is 5.56 Å². The van der Waals surface area contributed by atoms with Gasteiger partial charge in [0, 0.05) is 58.8 Å². The molecule has 0 saturated carbocycles. The van der Waals surface area contributed by atoms with Gasteiger partial charge in [-0.3, -0.25) is 9.79 Å². The lowest BCUT2D eigenvalue weighted by molar-refractivity contribution is -0.142. The average molecular weight is 411 g/mol. The number of rotatable bonds is 5. The van der Waals surface area contributed by atoms with Crippen molar-refractivity contribution in [1.82, 2.24) is 24.9 Å². The standard InChI is InChI=1S/C22H30N6O2/c1-23-22(27-15-13-26(14-16-27)21(29)20-4-2-17-30-20)24-11-9-18-5-7-19(8-6-18)28-12-3-10-25-28/h3,5-8,10,12,20H,2,4,9,11,13-17H2,1H3,(H,23,24). The molecule has 160 valence electrons. The lowest BCUT2D eigenvalue weighted by Gasteiger charge is -2.37. The Kier molecular flexibility index (Phi) is 6.63. The quantitative estimate of drug-likeness (QED) is 0.594. The van der Waals surface area contributed by atoms with Gasteiger partial charge >= 0.3 is 0 Å². The van der Waals surface area contributed by atoms with E-state index in [9.17, 15) is 4.79 Å². The molecule has 2 aromatic rings. The monoisotopic (exact) mass is 410 g/mol. The summed E-state index contributed by atoms with van der Waals surface area (Å²) in [5.41, 5.74) is 2.32. The van der Waals surface area contributed by atoms with Gasteiger partial charge in [-0.05, 0) is 43.0 Å². The third-order valence-corrected chi connectivity index (χ3v) is 5.71. The fourth-order valence-corrected chi connectivity index (χ4v) is 4.00. The maximum atomic E-state index is 12.5. The summed E-state index contributed by atoms with van der Waals surface area (Å²) in [7, 11) is 1.81. The first-order valence-electron chi connectivity index (χ1n) is 10.7. The normalized spacial score (nSPS) is 19.9. The van der Waals surface area contributed by atoms with Crippen molar-refractivity contribution in [2.75, 3.05) is 46.4 Å². The molecule has 8 heteroatoms. The summed E-state index contributed by atoms with van der Waals surface area (Å²) in [5.74, 6) is 1.04. The van der Waals surface area contributed by atoms with E-state index in [0.29, 0.717) is 19.7 Å². The zero-order valence-corrected chi connectivity index (χ0v) is 17.5. The number of aromatic nitrogens is 2. The number of carbonyl (C=O) groups excluding carboxylic acids is 1. The maximum absolute atomic E-state index is 12.5. The number of piperazine rings is 1. The predicted octanol–water partition coefficient (Wildman–Crippen LogP) is 1.31. The van der Waals surface area contributed by atoms with Crippen molar-refractivity contribution in [1.29, 1.82) is 0 Å². The van der Waals surface area contributed by atoms with Gasteiger partial charge in [-0.1, -0.05) is 12.1 Å². The maximum Gasteiger partial charge on any atom is 0.251 e. The summed E-state index contributed by atoms with van der Waals surface area (Å²) in [6.45, 7) is 4.53. The molecule has 8 nitrogen and oxygen atoms in total. The van der Waals surface area contributed by atoms with Gasteiger partial charge < -0.3 is 19.9 Å². The third kappa shape index (κ3) is 4.81. The molecular formula is C22H30N6O2. The Bertz CT molecular complexity index is 835.